The van der Waals surface area contributed by atoms with Gasteiger partial charge in [-0.2, -0.15) is 0 Å². The van der Waals surface area contributed by atoms with E-state index in [4.69, 9.17) is 0 Å². The lowest BCUT2D eigenvalue weighted by atomic mass is 9.89. The standard InChI is InChI=1S/C15H21N3O/c1-2-14-17-12-6-5-10(8-13(12)18-14)15(19)11-4-3-7-16-9-11/h5-6,8,11,15-16,19H,2-4,7,9H2,1H3,(H,17,18). The van der Waals surface area contributed by atoms with E-state index in [1.165, 1.54) is 0 Å². The maximum Gasteiger partial charge on any atom is 0.106 e. The third-order valence-corrected chi connectivity index (χ3v) is 4.01. The average molecular weight is 259 g/mol. The zero-order valence-corrected chi connectivity index (χ0v) is 11.3. The second-order valence-electron chi connectivity index (χ2n) is 5.36. The molecule has 19 heavy (non-hydrogen) atoms. The van der Waals surface area contributed by atoms with Gasteiger partial charge in [0.15, 0.2) is 0 Å². The van der Waals surface area contributed by atoms with Crippen LogP contribution in [0.15, 0.2) is 18.2 Å². The maximum absolute atomic E-state index is 10.5. The summed E-state index contributed by atoms with van der Waals surface area (Å²) in [5.41, 5.74) is 3.00. The number of benzene rings is 1. The fraction of sp³-hybridized carbons (Fsp3) is 0.533. The van der Waals surface area contributed by atoms with Crippen molar-refractivity contribution in [2.24, 2.45) is 5.92 Å². The number of rotatable bonds is 3. The molecule has 2 atom stereocenters. The molecule has 3 N–H and O–H groups in total. The summed E-state index contributed by atoms with van der Waals surface area (Å²) in [6, 6.07) is 6.04. The van der Waals surface area contributed by atoms with Gasteiger partial charge in [-0.05, 0) is 37.1 Å². The Morgan fingerprint density at radius 1 is 1.47 bits per heavy atom. The molecule has 3 rings (SSSR count). The number of H-pyrrole nitrogens is 1. The second-order valence-corrected chi connectivity index (χ2v) is 5.36. The summed E-state index contributed by atoms with van der Waals surface area (Å²) in [4.78, 5) is 7.80. The molecule has 2 unspecified atom stereocenters. The number of fused-ring (bicyclic) bond motifs is 1. The molecule has 0 amide bonds. The van der Waals surface area contributed by atoms with E-state index < -0.39 is 0 Å². The van der Waals surface area contributed by atoms with Crippen molar-refractivity contribution in [1.29, 1.82) is 0 Å². The third-order valence-electron chi connectivity index (χ3n) is 4.01. The number of aliphatic hydroxyl groups is 1. The molecular formula is C15H21N3O. The number of imidazole rings is 1. The first-order chi connectivity index (χ1) is 9.28. The number of hydrogen-bond donors (Lipinski definition) is 3. The Morgan fingerprint density at radius 3 is 3.11 bits per heavy atom. The molecule has 1 aromatic carbocycles. The minimum Gasteiger partial charge on any atom is -0.388 e. The largest absolute Gasteiger partial charge is 0.388 e. The second kappa shape index (κ2) is 5.31. The quantitative estimate of drug-likeness (QED) is 0.791. The molecule has 4 heteroatoms. The highest BCUT2D eigenvalue weighted by atomic mass is 16.3. The number of hydrogen-bond acceptors (Lipinski definition) is 3. The Bertz CT molecular complexity index is 558. The van der Waals surface area contributed by atoms with Gasteiger partial charge >= 0.3 is 0 Å². The Balaban J connectivity index is 1.86. The number of aromatic amines is 1. The van der Waals surface area contributed by atoms with Gasteiger partial charge in [0.25, 0.3) is 0 Å². The van der Waals surface area contributed by atoms with Crippen molar-refractivity contribution >= 4 is 11.0 Å². The van der Waals surface area contributed by atoms with E-state index in [1.807, 2.05) is 18.2 Å². The van der Waals surface area contributed by atoms with Crippen LogP contribution in [0, 0.1) is 5.92 Å². The lowest BCUT2D eigenvalue weighted by Crippen LogP contribution is -2.33. The first kappa shape index (κ1) is 12.6. The third kappa shape index (κ3) is 2.51. The number of nitrogens with zero attached hydrogens (tertiary/aromatic N) is 1. The van der Waals surface area contributed by atoms with Crippen LogP contribution in [0.4, 0.5) is 0 Å². The van der Waals surface area contributed by atoms with Crippen LogP contribution in [0.2, 0.25) is 0 Å². The Hall–Kier alpha value is -1.39. The summed E-state index contributed by atoms with van der Waals surface area (Å²) in [5, 5.41) is 13.9. The van der Waals surface area contributed by atoms with Crippen molar-refractivity contribution in [1.82, 2.24) is 15.3 Å². The SMILES string of the molecule is CCc1nc2ccc(C(O)C3CCCNC3)cc2[nH]1. The van der Waals surface area contributed by atoms with E-state index in [-0.39, 0.29) is 6.10 Å². The minimum absolute atomic E-state index is 0.319. The minimum atomic E-state index is -0.384. The molecule has 0 saturated carbocycles. The van der Waals surface area contributed by atoms with Gasteiger partial charge in [0, 0.05) is 18.9 Å². The first-order valence-electron chi connectivity index (χ1n) is 7.15. The molecular weight excluding hydrogens is 238 g/mol. The van der Waals surface area contributed by atoms with Crippen LogP contribution in [0.5, 0.6) is 0 Å². The molecule has 0 spiro atoms. The molecule has 1 aromatic heterocycles. The van der Waals surface area contributed by atoms with Crippen molar-refractivity contribution in [2.75, 3.05) is 13.1 Å². The van der Waals surface area contributed by atoms with Crippen molar-refractivity contribution in [3.8, 4) is 0 Å². The number of aliphatic hydroxyl groups excluding tert-OH is 1. The lowest BCUT2D eigenvalue weighted by molar-refractivity contribution is 0.0923. The predicted molar refractivity (Wildman–Crippen MR) is 76.0 cm³/mol. The van der Waals surface area contributed by atoms with E-state index >= 15 is 0 Å². The van der Waals surface area contributed by atoms with Crippen LogP contribution in [0.3, 0.4) is 0 Å². The average Bonchev–Trinajstić information content (AvgIpc) is 2.89. The number of aryl methyl sites for hydroxylation is 1. The highest BCUT2D eigenvalue weighted by molar-refractivity contribution is 5.76. The van der Waals surface area contributed by atoms with Gasteiger partial charge in [0.05, 0.1) is 17.1 Å². The van der Waals surface area contributed by atoms with Crippen LogP contribution >= 0.6 is 0 Å². The van der Waals surface area contributed by atoms with Crippen LogP contribution < -0.4 is 5.32 Å². The highest BCUT2D eigenvalue weighted by Gasteiger charge is 2.23. The summed E-state index contributed by atoms with van der Waals surface area (Å²) < 4.78 is 0. The molecule has 2 heterocycles. The zero-order valence-electron chi connectivity index (χ0n) is 11.3. The summed E-state index contributed by atoms with van der Waals surface area (Å²) in [6.07, 6.45) is 2.76. The molecule has 1 saturated heterocycles. The van der Waals surface area contributed by atoms with Gasteiger partial charge in [-0.3, -0.25) is 0 Å². The molecule has 1 aliphatic rings. The van der Waals surface area contributed by atoms with Crippen LogP contribution in [-0.2, 0) is 6.42 Å². The number of piperidine rings is 1. The summed E-state index contributed by atoms with van der Waals surface area (Å²) >= 11 is 0. The van der Waals surface area contributed by atoms with Gasteiger partial charge in [0.1, 0.15) is 5.82 Å². The molecule has 0 radical (unpaired) electrons. The predicted octanol–water partition coefficient (Wildman–Crippen LogP) is 2.16. The number of aromatic nitrogens is 2. The summed E-state index contributed by atoms with van der Waals surface area (Å²) in [6.45, 7) is 4.06. The van der Waals surface area contributed by atoms with Gasteiger partial charge in [-0.15, -0.1) is 0 Å². The van der Waals surface area contributed by atoms with E-state index in [9.17, 15) is 5.11 Å². The summed E-state index contributed by atoms with van der Waals surface area (Å²) in [7, 11) is 0. The zero-order chi connectivity index (χ0) is 13.2. The smallest absolute Gasteiger partial charge is 0.106 e. The van der Waals surface area contributed by atoms with Crippen molar-refractivity contribution in [2.45, 2.75) is 32.3 Å². The maximum atomic E-state index is 10.5. The molecule has 1 fully saturated rings. The number of nitrogens with one attached hydrogen (secondary N) is 2. The normalized spacial score (nSPS) is 21.7. The monoisotopic (exact) mass is 259 g/mol. The van der Waals surface area contributed by atoms with Crippen LogP contribution in [-0.4, -0.2) is 28.2 Å². The van der Waals surface area contributed by atoms with E-state index in [0.717, 1.165) is 54.8 Å². The lowest BCUT2D eigenvalue weighted by Gasteiger charge is -2.27. The van der Waals surface area contributed by atoms with Gasteiger partial charge in [-0.25, -0.2) is 4.98 Å². The molecule has 4 nitrogen and oxygen atoms in total. The molecule has 0 bridgehead atoms. The van der Waals surface area contributed by atoms with Crippen LogP contribution in [0.25, 0.3) is 11.0 Å². The van der Waals surface area contributed by atoms with Crippen molar-refractivity contribution in [3.05, 3.63) is 29.6 Å². The molecule has 102 valence electrons. The fourth-order valence-electron chi connectivity index (χ4n) is 2.85. The summed E-state index contributed by atoms with van der Waals surface area (Å²) in [5.74, 6) is 1.32. The van der Waals surface area contributed by atoms with Gasteiger partial charge in [-0.1, -0.05) is 13.0 Å². The van der Waals surface area contributed by atoms with Gasteiger partial charge in [0.2, 0.25) is 0 Å². The van der Waals surface area contributed by atoms with Crippen LogP contribution in [0.1, 0.15) is 37.3 Å². The molecule has 0 aliphatic carbocycles. The van der Waals surface area contributed by atoms with Crippen molar-refractivity contribution < 1.29 is 5.11 Å². The highest BCUT2D eigenvalue weighted by Crippen LogP contribution is 2.28. The molecule has 2 aromatic rings. The van der Waals surface area contributed by atoms with Crippen molar-refractivity contribution in [3.63, 3.8) is 0 Å². The van der Waals surface area contributed by atoms with E-state index in [0.29, 0.717) is 5.92 Å². The Morgan fingerprint density at radius 2 is 2.37 bits per heavy atom. The van der Waals surface area contributed by atoms with E-state index in [1.54, 1.807) is 0 Å². The topological polar surface area (TPSA) is 60.9 Å². The Kier molecular flexibility index (Phi) is 3.53. The Labute approximate surface area is 113 Å². The first-order valence-corrected chi connectivity index (χ1v) is 7.15. The molecule has 1 aliphatic heterocycles. The van der Waals surface area contributed by atoms with Gasteiger partial charge < -0.3 is 15.4 Å². The fourth-order valence-corrected chi connectivity index (χ4v) is 2.85. The van der Waals surface area contributed by atoms with E-state index in [2.05, 4.69) is 22.2 Å².